The van der Waals surface area contributed by atoms with Gasteiger partial charge in [-0.1, -0.05) is 13.8 Å². The SMILES string of the molecule is CC[C@H]1O[C@H](SC[C@H](N)C(=O)OC)[C@H](OC(C)=O)[C@@H](OC(C)=O)[C@@H]1C. The molecule has 0 aromatic carbocycles. The molecule has 1 heterocycles. The molecule has 6 atom stereocenters. The highest BCUT2D eigenvalue weighted by Gasteiger charge is 2.47. The van der Waals surface area contributed by atoms with Crippen molar-refractivity contribution in [2.75, 3.05) is 12.9 Å². The van der Waals surface area contributed by atoms with Crippen LogP contribution in [0.15, 0.2) is 0 Å². The fraction of sp³-hybridized carbons (Fsp3) is 0.812. The minimum absolute atomic E-state index is 0.149. The highest BCUT2D eigenvalue weighted by Crippen LogP contribution is 2.36. The minimum atomic E-state index is -0.830. The normalized spacial score (nSPS) is 30.2. The molecule has 25 heavy (non-hydrogen) atoms. The number of rotatable bonds is 7. The van der Waals surface area contributed by atoms with E-state index in [2.05, 4.69) is 4.74 Å². The van der Waals surface area contributed by atoms with Crippen molar-refractivity contribution in [3.8, 4) is 0 Å². The van der Waals surface area contributed by atoms with Gasteiger partial charge in [-0.3, -0.25) is 14.4 Å². The first kappa shape index (κ1) is 21.7. The Morgan fingerprint density at radius 3 is 2.20 bits per heavy atom. The van der Waals surface area contributed by atoms with Crippen LogP contribution in [0.4, 0.5) is 0 Å². The van der Waals surface area contributed by atoms with Crippen molar-refractivity contribution in [2.45, 2.75) is 63.9 Å². The Balaban J connectivity index is 2.97. The van der Waals surface area contributed by atoms with Crippen LogP contribution in [0.1, 0.15) is 34.1 Å². The summed E-state index contributed by atoms with van der Waals surface area (Å²) >= 11 is 1.23. The summed E-state index contributed by atoms with van der Waals surface area (Å²) in [6.45, 7) is 6.44. The van der Waals surface area contributed by atoms with Gasteiger partial charge in [0.05, 0.1) is 13.2 Å². The molecule has 144 valence electrons. The van der Waals surface area contributed by atoms with E-state index < -0.39 is 41.6 Å². The standard InChI is InChI=1S/C16H27NO7S/c1-6-12-8(2)13(22-9(3)18)14(23-10(4)19)16(24-12)25-7-11(17)15(20)21-5/h8,11-14,16H,6-7,17H2,1-5H3/t8-,11+,12-,13+,14-,16-/m1/s1. The van der Waals surface area contributed by atoms with Crippen molar-refractivity contribution in [3.05, 3.63) is 0 Å². The molecule has 8 nitrogen and oxygen atoms in total. The first-order chi connectivity index (χ1) is 11.7. The predicted octanol–water partition coefficient (Wildman–Crippen LogP) is 0.854. The Kier molecular flexibility index (Phi) is 8.67. The molecule has 1 aliphatic rings. The fourth-order valence-electron chi connectivity index (χ4n) is 2.74. The molecule has 1 aliphatic heterocycles. The van der Waals surface area contributed by atoms with Gasteiger partial charge in [0.2, 0.25) is 0 Å². The number of nitrogens with two attached hydrogens (primary N) is 1. The van der Waals surface area contributed by atoms with Crippen molar-refractivity contribution in [3.63, 3.8) is 0 Å². The van der Waals surface area contributed by atoms with E-state index in [0.717, 1.165) is 0 Å². The molecule has 0 amide bonds. The highest BCUT2D eigenvalue weighted by molar-refractivity contribution is 7.99. The number of carbonyl (C=O) groups is 3. The number of ether oxygens (including phenoxy) is 4. The van der Waals surface area contributed by atoms with Crippen LogP contribution in [0, 0.1) is 5.92 Å². The molecule has 0 aromatic heterocycles. The number of thioether (sulfide) groups is 1. The summed E-state index contributed by atoms with van der Waals surface area (Å²) < 4.78 is 21.4. The Bertz CT molecular complexity index is 487. The van der Waals surface area contributed by atoms with Gasteiger partial charge in [0.15, 0.2) is 6.10 Å². The van der Waals surface area contributed by atoms with Gasteiger partial charge in [0.1, 0.15) is 17.6 Å². The number of hydrogen-bond acceptors (Lipinski definition) is 9. The van der Waals surface area contributed by atoms with Crippen molar-refractivity contribution in [1.82, 2.24) is 0 Å². The maximum absolute atomic E-state index is 11.5. The third kappa shape index (κ3) is 6.16. The summed E-state index contributed by atoms with van der Waals surface area (Å²) in [4.78, 5) is 34.5. The number of methoxy groups -OCH3 is 1. The molecule has 0 saturated carbocycles. The molecule has 2 N–H and O–H groups in total. The van der Waals surface area contributed by atoms with Crippen LogP contribution in [0.3, 0.4) is 0 Å². The second-order valence-corrected chi connectivity index (χ2v) is 7.05. The molecule has 9 heteroatoms. The molecule has 0 radical (unpaired) electrons. The number of hydrogen-bond donors (Lipinski definition) is 1. The van der Waals surface area contributed by atoms with Gasteiger partial charge < -0.3 is 24.7 Å². The van der Waals surface area contributed by atoms with Crippen LogP contribution in [0.2, 0.25) is 0 Å². The van der Waals surface area contributed by atoms with Gasteiger partial charge in [-0.05, 0) is 6.42 Å². The Hall–Kier alpha value is -1.32. The first-order valence-corrected chi connectivity index (χ1v) is 9.21. The van der Waals surface area contributed by atoms with Gasteiger partial charge in [-0.2, -0.15) is 0 Å². The van der Waals surface area contributed by atoms with Crippen LogP contribution in [0.5, 0.6) is 0 Å². The molecule has 1 fully saturated rings. The lowest BCUT2D eigenvalue weighted by atomic mass is 9.89. The first-order valence-electron chi connectivity index (χ1n) is 8.16. The molecule has 0 aliphatic carbocycles. The zero-order valence-electron chi connectivity index (χ0n) is 15.2. The molecule has 0 spiro atoms. The van der Waals surface area contributed by atoms with Crippen LogP contribution < -0.4 is 5.73 Å². The van der Waals surface area contributed by atoms with E-state index in [4.69, 9.17) is 19.9 Å². The minimum Gasteiger partial charge on any atom is -0.468 e. The lowest BCUT2D eigenvalue weighted by Crippen LogP contribution is -2.55. The van der Waals surface area contributed by atoms with Gasteiger partial charge in [-0.25, -0.2) is 0 Å². The highest BCUT2D eigenvalue weighted by atomic mass is 32.2. The van der Waals surface area contributed by atoms with E-state index in [1.807, 2.05) is 13.8 Å². The third-order valence-electron chi connectivity index (χ3n) is 3.96. The van der Waals surface area contributed by atoms with E-state index >= 15 is 0 Å². The summed E-state index contributed by atoms with van der Waals surface area (Å²) in [5.74, 6) is -1.43. The van der Waals surface area contributed by atoms with Crippen LogP contribution in [-0.4, -0.2) is 60.6 Å². The maximum Gasteiger partial charge on any atom is 0.323 e. The van der Waals surface area contributed by atoms with E-state index in [1.54, 1.807) is 0 Å². The predicted molar refractivity (Wildman–Crippen MR) is 91.7 cm³/mol. The maximum atomic E-state index is 11.5. The zero-order chi connectivity index (χ0) is 19.1. The zero-order valence-corrected chi connectivity index (χ0v) is 16.0. The van der Waals surface area contributed by atoms with Crippen LogP contribution in [0.25, 0.3) is 0 Å². The van der Waals surface area contributed by atoms with Crippen LogP contribution >= 0.6 is 11.8 Å². The Labute approximate surface area is 152 Å². The van der Waals surface area contributed by atoms with Crippen molar-refractivity contribution in [2.24, 2.45) is 11.7 Å². The lowest BCUT2D eigenvalue weighted by Gasteiger charge is -2.44. The second-order valence-electron chi connectivity index (χ2n) is 5.92. The average Bonchev–Trinajstić information content (AvgIpc) is 2.55. The molecular weight excluding hydrogens is 350 g/mol. The molecule has 1 saturated heterocycles. The molecule has 0 bridgehead atoms. The fourth-order valence-corrected chi connectivity index (χ4v) is 3.89. The van der Waals surface area contributed by atoms with Crippen molar-refractivity contribution in [1.29, 1.82) is 0 Å². The molecule has 0 unspecified atom stereocenters. The van der Waals surface area contributed by atoms with E-state index in [-0.39, 0.29) is 17.8 Å². The Morgan fingerprint density at radius 2 is 1.72 bits per heavy atom. The summed E-state index contributed by atoms with van der Waals surface area (Å²) in [5.41, 5.74) is 5.15. The van der Waals surface area contributed by atoms with Gasteiger partial charge >= 0.3 is 17.9 Å². The molecule has 1 rings (SSSR count). The second kappa shape index (κ2) is 9.98. The topological polar surface area (TPSA) is 114 Å². The number of carbonyl (C=O) groups excluding carboxylic acids is 3. The largest absolute Gasteiger partial charge is 0.468 e. The quantitative estimate of drug-likeness (QED) is 0.509. The summed E-state index contributed by atoms with van der Waals surface area (Å²) in [5, 5.41) is 0. The van der Waals surface area contributed by atoms with Gasteiger partial charge in [-0.15, -0.1) is 11.8 Å². The monoisotopic (exact) mass is 377 g/mol. The van der Waals surface area contributed by atoms with E-state index in [0.29, 0.717) is 6.42 Å². The van der Waals surface area contributed by atoms with Crippen molar-refractivity contribution >= 4 is 29.7 Å². The smallest absolute Gasteiger partial charge is 0.323 e. The van der Waals surface area contributed by atoms with Gasteiger partial charge in [0.25, 0.3) is 0 Å². The Morgan fingerprint density at radius 1 is 1.16 bits per heavy atom. The van der Waals surface area contributed by atoms with Gasteiger partial charge in [0, 0.05) is 25.5 Å². The van der Waals surface area contributed by atoms with E-state index in [9.17, 15) is 14.4 Å². The molecule has 0 aromatic rings. The lowest BCUT2D eigenvalue weighted by molar-refractivity contribution is -0.207. The third-order valence-corrected chi connectivity index (χ3v) is 5.22. The van der Waals surface area contributed by atoms with Crippen LogP contribution in [-0.2, 0) is 33.3 Å². The van der Waals surface area contributed by atoms with E-state index in [1.165, 1.54) is 32.7 Å². The molecular formula is C16H27NO7S. The summed E-state index contributed by atoms with van der Waals surface area (Å²) in [7, 11) is 1.26. The number of esters is 3. The van der Waals surface area contributed by atoms with Crippen molar-refractivity contribution < 1.29 is 33.3 Å². The summed E-state index contributed by atoms with van der Waals surface area (Å²) in [6.07, 6.45) is -0.893. The summed E-state index contributed by atoms with van der Waals surface area (Å²) in [6, 6.07) is -0.830. The average molecular weight is 377 g/mol.